The van der Waals surface area contributed by atoms with Gasteiger partial charge in [-0.2, -0.15) is 0 Å². The number of nitrogens with one attached hydrogen (secondary N) is 2. The minimum Gasteiger partial charge on any atom is -0.352 e. The van der Waals surface area contributed by atoms with Gasteiger partial charge in [-0.25, -0.2) is 23.1 Å². The van der Waals surface area contributed by atoms with Crippen molar-refractivity contribution < 1.29 is 8.42 Å². The molecule has 0 aliphatic carbocycles. The molecule has 0 unspecified atom stereocenters. The zero-order valence-electron chi connectivity index (χ0n) is 9.86. The number of nitrogens with zero attached hydrogens (tertiary/aromatic N) is 2. The molecule has 1 rings (SSSR count). The van der Waals surface area contributed by atoms with Crippen molar-refractivity contribution in [3.8, 4) is 0 Å². The Morgan fingerprint density at radius 3 is 2.35 bits per heavy atom. The maximum atomic E-state index is 11.1. The van der Waals surface area contributed by atoms with Gasteiger partial charge in [-0.1, -0.05) is 0 Å². The van der Waals surface area contributed by atoms with Gasteiger partial charge in [0.05, 0.1) is 6.26 Å². The first-order valence-corrected chi connectivity index (χ1v) is 7.85. The summed E-state index contributed by atoms with van der Waals surface area (Å²) in [5.41, 5.74) is -0.597. The van der Waals surface area contributed by atoms with Gasteiger partial charge in [0.1, 0.15) is 0 Å². The normalized spacial score (nSPS) is 12.5. The Morgan fingerprint density at radius 1 is 1.35 bits per heavy atom. The van der Waals surface area contributed by atoms with E-state index in [0.717, 1.165) is 9.83 Å². The molecule has 17 heavy (non-hydrogen) atoms. The third-order valence-electron chi connectivity index (χ3n) is 1.77. The molecule has 1 heterocycles. The van der Waals surface area contributed by atoms with Crippen molar-refractivity contribution in [1.29, 1.82) is 0 Å². The van der Waals surface area contributed by atoms with E-state index in [-0.39, 0.29) is 0 Å². The number of halogens is 1. The second-order valence-electron chi connectivity index (χ2n) is 4.34. The highest BCUT2D eigenvalue weighted by Crippen LogP contribution is 2.07. The average Bonchev–Trinajstić information content (AvgIpc) is 2.13. The number of rotatable bonds is 5. The van der Waals surface area contributed by atoms with Crippen LogP contribution in [-0.4, -0.2) is 36.7 Å². The molecule has 6 nitrogen and oxygen atoms in total. The number of anilines is 1. The number of aromatic nitrogens is 2. The lowest BCUT2D eigenvalue weighted by atomic mass is 10.1. The predicted molar refractivity (Wildman–Crippen MR) is 75.3 cm³/mol. The summed E-state index contributed by atoms with van der Waals surface area (Å²) in [5, 5.41) is 2.98. The molecule has 0 saturated heterocycles. The quantitative estimate of drug-likeness (QED) is 0.750. The van der Waals surface area contributed by atoms with Crippen LogP contribution in [0.5, 0.6) is 0 Å². The van der Waals surface area contributed by atoms with E-state index in [1.54, 1.807) is 26.2 Å². The van der Waals surface area contributed by atoms with E-state index in [0.29, 0.717) is 12.5 Å². The van der Waals surface area contributed by atoms with E-state index in [2.05, 4.69) is 42.6 Å². The van der Waals surface area contributed by atoms with Crippen molar-refractivity contribution in [3.05, 3.63) is 16.0 Å². The Balaban J connectivity index is 2.58. The van der Waals surface area contributed by atoms with Crippen LogP contribution in [0.15, 0.2) is 12.4 Å². The third kappa shape index (κ3) is 6.13. The summed E-state index contributed by atoms with van der Waals surface area (Å²) >= 11 is 2.11. The SMILES string of the molecule is CC(C)(CNc1ncc(I)cn1)NS(C)(=O)=O. The fraction of sp³-hybridized carbons (Fsp3) is 0.556. The minimum absolute atomic E-state index is 0.403. The van der Waals surface area contributed by atoms with E-state index in [4.69, 9.17) is 0 Å². The fourth-order valence-corrected chi connectivity index (χ4v) is 2.60. The highest BCUT2D eigenvalue weighted by molar-refractivity contribution is 14.1. The van der Waals surface area contributed by atoms with Crippen LogP contribution in [0.1, 0.15) is 13.8 Å². The van der Waals surface area contributed by atoms with Crippen molar-refractivity contribution in [3.63, 3.8) is 0 Å². The molecular weight excluding hydrogens is 355 g/mol. The van der Waals surface area contributed by atoms with Crippen molar-refractivity contribution in [2.45, 2.75) is 19.4 Å². The Kier molecular flexibility index (Phi) is 4.67. The van der Waals surface area contributed by atoms with Crippen LogP contribution in [0.2, 0.25) is 0 Å². The highest BCUT2D eigenvalue weighted by atomic mass is 127. The van der Waals surface area contributed by atoms with Crippen LogP contribution in [0, 0.1) is 3.57 Å². The van der Waals surface area contributed by atoms with Gasteiger partial charge in [-0.15, -0.1) is 0 Å². The summed E-state index contributed by atoms with van der Waals surface area (Å²) in [7, 11) is -3.22. The molecule has 0 aliphatic heterocycles. The largest absolute Gasteiger partial charge is 0.352 e. The standard InChI is InChI=1S/C9H15IN4O2S/c1-9(2,14-17(3,15)16)6-13-8-11-4-7(10)5-12-8/h4-5,14H,6H2,1-3H3,(H,11,12,13). The van der Waals surface area contributed by atoms with Crippen LogP contribution in [0.25, 0.3) is 0 Å². The van der Waals surface area contributed by atoms with Crippen LogP contribution in [0.4, 0.5) is 5.95 Å². The molecule has 96 valence electrons. The molecular formula is C9H15IN4O2S. The van der Waals surface area contributed by atoms with E-state index in [9.17, 15) is 8.42 Å². The molecule has 1 aromatic heterocycles. The second-order valence-corrected chi connectivity index (χ2v) is 7.33. The molecule has 1 aromatic rings. The Morgan fingerprint density at radius 2 is 1.88 bits per heavy atom. The summed E-state index contributed by atoms with van der Waals surface area (Å²) in [6.07, 6.45) is 4.51. The molecule has 0 amide bonds. The molecule has 0 aromatic carbocycles. The van der Waals surface area contributed by atoms with Gasteiger partial charge >= 0.3 is 0 Å². The smallest absolute Gasteiger partial charge is 0.222 e. The number of hydrogen-bond acceptors (Lipinski definition) is 5. The lowest BCUT2D eigenvalue weighted by molar-refractivity contribution is 0.475. The van der Waals surface area contributed by atoms with Crippen LogP contribution in [-0.2, 0) is 10.0 Å². The maximum absolute atomic E-state index is 11.1. The summed E-state index contributed by atoms with van der Waals surface area (Å²) in [6.45, 7) is 3.97. The van der Waals surface area contributed by atoms with Gasteiger partial charge in [0.2, 0.25) is 16.0 Å². The molecule has 0 spiro atoms. The zero-order valence-corrected chi connectivity index (χ0v) is 12.8. The van der Waals surface area contributed by atoms with Gasteiger partial charge in [-0.3, -0.25) is 0 Å². The third-order valence-corrected chi connectivity index (χ3v) is 3.25. The molecule has 0 saturated carbocycles. The molecule has 8 heteroatoms. The molecule has 0 aliphatic rings. The van der Waals surface area contributed by atoms with E-state index < -0.39 is 15.6 Å². The average molecular weight is 370 g/mol. The fourth-order valence-electron chi connectivity index (χ4n) is 1.24. The van der Waals surface area contributed by atoms with Crippen molar-refractivity contribution in [1.82, 2.24) is 14.7 Å². The summed E-state index contributed by atoms with van der Waals surface area (Å²) in [4.78, 5) is 8.14. The first-order valence-electron chi connectivity index (χ1n) is 4.88. The molecule has 0 radical (unpaired) electrons. The van der Waals surface area contributed by atoms with Gasteiger partial charge in [-0.05, 0) is 36.4 Å². The van der Waals surface area contributed by atoms with Gasteiger partial charge in [0.25, 0.3) is 0 Å². The van der Waals surface area contributed by atoms with E-state index in [1.165, 1.54) is 0 Å². The van der Waals surface area contributed by atoms with Gasteiger partial charge < -0.3 is 5.32 Å². The maximum Gasteiger partial charge on any atom is 0.222 e. The number of sulfonamides is 1. The second kappa shape index (κ2) is 5.44. The van der Waals surface area contributed by atoms with Gasteiger partial charge in [0, 0.05) is 28.0 Å². The Bertz CT molecular complexity index is 472. The van der Waals surface area contributed by atoms with Crippen LogP contribution >= 0.6 is 22.6 Å². The molecule has 2 N–H and O–H groups in total. The monoisotopic (exact) mass is 370 g/mol. The molecule has 0 fully saturated rings. The van der Waals surface area contributed by atoms with E-state index in [1.807, 2.05) is 0 Å². The number of hydrogen-bond donors (Lipinski definition) is 2. The minimum atomic E-state index is -3.22. The van der Waals surface area contributed by atoms with Crippen molar-refractivity contribution in [2.24, 2.45) is 0 Å². The molecule has 0 atom stereocenters. The Labute approximate surface area is 115 Å². The summed E-state index contributed by atoms with van der Waals surface area (Å²) in [5.74, 6) is 0.480. The van der Waals surface area contributed by atoms with Crippen LogP contribution in [0.3, 0.4) is 0 Å². The van der Waals surface area contributed by atoms with E-state index >= 15 is 0 Å². The van der Waals surface area contributed by atoms with Crippen molar-refractivity contribution in [2.75, 3.05) is 18.1 Å². The lowest BCUT2D eigenvalue weighted by Crippen LogP contribution is -2.47. The molecule has 0 bridgehead atoms. The first-order chi connectivity index (χ1) is 7.68. The first kappa shape index (κ1) is 14.6. The predicted octanol–water partition coefficient (Wildman–Crippen LogP) is 0.821. The highest BCUT2D eigenvalue weighted by Gasteiger charge is 2.21. The topological polar surface area (TPSA) is 84.0 Å². The van der Waals surface area contributed by atoms with Gasteiger partial charge in [0.15, 0.2) is 0 Å². The Hall–Kier alpha value is -0.480. The summed E-state index contributed by atoms with van der Waals surface area (Å²) in [6, 6.07) is 0. The van der Waals surface area contributed by atoms with Crippen LogP contribution < -0.4 is 10.0 Å². The zero-order chi connectivity index (χ0) is 13.1. The lowest BCUT2D eigenvalue weighted by Gasteiger charge is -2.25. The van der Waals surface area contributed by atoms with Crippen molar-refractivity contribution >= 4 is 38.6 Å². The summed E-state index contributed by atoms with van der Waals surface area (Å²) < 4.78 is 25.7.